The van der Waals surface area contributed by atoms with E-state index in [2.05, 4.69) is 10.1 Å². The molecule has 0 saturated carbocycles. The molecule has 0 spiro atoms. The van der Waals surface area contributed by atoms with Gasteiger partial charge in [0.1, 0.15) is 5.56 Å². The van der Waals surface area contributed by atoms with Gasteiger partial charge in [-0.3, -0.25) is 14.6 Å². The highest BCUT2D eigenvalue weighted by molar-refractivity contribution is 6.04. The maximum atomic E-state index is 12.8. The van der Waals surface area contributed by atoms with E-state index in [1.54, 1.807) is 30.3 Å². The largest absolute Gasteiger partial charge is 0.493 e. The second-order valence-corrected chi connectivity index (χ2v) is 8.38. The first-order valence-corrected chi connectivity index (χ1v) is 10.9. The summed E-state index contributed by atoms with van der Waals surface area (Å²) in [6.45, 7) is 5.09. The predicted octanol–water partition coefficient (Wildman–Crippen LogP) is 2.56. The molecule has 10 nitrogen and oxygen atoms in total. The summed E-state index contributed by atoms with van der Waals surface area (Å²) in [5, 5.41) is 16.7. The van der Waals surface area contributed by atoms with E-state index in [4.69, 9.17) is 9.47 Å². The Kier molecular flexibility index (Phi) is 6.21. The van der Waals surface area contributed by atoms with Gasteiger partial charge in [0.2, 0.25) is 11.8 Å². The number of aryl methyl sites for hydroxylation is 2. The summed E-state index contributed by atoms with van der Waals surface area (Å²) >= 11 is 0. The minimum absolute atomic E-state index is 0.136. The SMILES string of the molecule is COc1ccc([C@@H]2CC(c3c(O)n(-c4cc(C)cc(C)c4)c(=O)[nH]c3=O)=NN2C(C)=O)cc1OC. The molecule has 0 saturated heterocycles. The van der Waals surface area contributed by atoms with Crippen molar-refractivity contribution in [3.8, 4) is 23.1 Å². The third-order valence-electron chi connectivity index (χ3n) is 5.86. The number of aromatic nitrogens is 2. The molecule has 2 heterocycles. The fourth-order valence-corrected chi connectivity index (χ4v) is 4.38. The van der Waals surface area contributed by atoms with Crippen LogP contribution < -0.4 is 20.7 Å². The van der Waals surface area contributed by atoms with E-state index >= 15 is 0 Å². The lowest BCUT2D eigenvalue weighted by Crippen LogP contribution is -2.33. The number of methoxy groups -OCH3 is 2. The highest BCUT2D eigenvalue weighted by Crippen LogP contribution is 2.37. The van der Waals surface area contributed by atoms with Crippen LogP contribution in [-0.2, 0) is 4.79 Å². The standard InChI is InChI=1S/C25H26N4O6/c1-13-8-14(2)10-17(9-13)28-24(32)22(23(31)26-25(28)33)18-12-19(29(27-18)15(3)30)16-6-7-20(34-4)21(11-16)35-5/h6-11,19,32H,12H2,1-5H3,(H,26,31,33)/t19-/m0/s1. The number of amides is 1. The van der Waals surface area contributed by atoms with Crippen LogP contribution in [0.25, 0.3) is 5.69 Å². The first-order valence-electron chi connectivity index (χ1n) is 10.9. The van der Waals surface area contributed by atoms with E-state index in [-0.39, 0.29) is 23.6 Å². The molecule has 3 aromatic rings. The molecule has 2 aromatic carbocycles. The van der Waals surface area contributed by atoms with Gasteiger partial charge in [-0.15, -0.1) is 0 Å². The van der Waals surface area contributed by atoms with Gasteiger partial charge in [-0.2, -0.15) is 5.10 Å². The highest BCUT2D eigenvalue weighted by atomic mass is 16.5. The molecule has 1 atom stereocenters. The Hall–Kier alpha value is -4.34. The van der Waals surface area contributed by atoms with Crippen molar-refractivity contribution in [2.45, 2.75) is 33.2 Å². The average Bonchev–Trinajstić information content (AvgIpc) is 3.23. The molecule has 0 bridgehead atoms. The molecular formula is C25H26N4O6. The normalized spacial score (nSPS) is 15.2. The van der Waals surface area contributed by atoms with Crippen LogP contribution in [-0.4, -0.2) is 45.5 Å². The van der Waals surface area contributed by atoms with Crippen molar-refractivity contribution in [3.63, 3.8) is 0 Å². The monoisotopic (exact) mass is 478 g/mol. The number of H-pyrrole nitrogens is 1. The Balaban J connectivity index is 1.83. The summed E-state index contributed by atoms with van der Waals surface area (Å²) in [6.07, 6.45) is 0.136. The fourth-order valence-electron chi connectivity index (χ4n) is 4.38. The van der Waals surface area contributed by atoms with Crippen LogP contribution in [0.5, 0.6) is 17.4 Å². The lowest BCUT2D eigenvalue weighted by molar-refractivity contribution is -0.130. The lowest BCUT2D eigenvalue weighted by Gasteiger charge is -2.21. The number of carbonyl (C=O) groups excluding carboxylic acids is 1. The summed E-state index contributed by atoms with van der Waals surface area (Å²) in [5.41, 5.74) is 1.32. The highest BCUT2D eigenvalue weighted by Gasteiger charge is 2.35. The van der Waals surface area contributed by atoms with Crippen LogP contribution in [0.1, 0.15) is 41.6 Å². The van der Waals surface area contributed by atoms with Gasteiger partial charge in [0, 0.05) is 13.3 Å². The van der Waals surface area contributed by atoms with Crippen molar-refractivity contribution < 1.29 is 19.4 Å². The van der Waals surface area contributed by atoms with Crippen molar-refractivity contribution in [1.82, 2.24) is 14.6 Å². The van der Waals surface area contributed by atoms with E-state index in [0.717, 1.165) is 15.7 Å². The Morgan fingerprint density at radius 1 is 1.06 bits per heavy atom. The van der Waals surface area contributed by atoms with Crippen molar-refractivity contribution in [1.29, 1.82) is 0 Å². The number of hydrogen-bond acceptors (Lipinski definition) is 7. The zero-order chi connectivity index (χ0) is 25.4. The molecule has 0 aliphatic carbocycles. The minimum Gasteiger partial charge on any atom is -0.493 e. The maximum absolute atomic E-state index is 12.8. The lowest BCUT2D eigenvalue weighted by atomic mass is 9.98. The van der Waals surface area contributed by atoms with E-state index < -0.39 is 23.2 Å². The van der Waals surface area contributed by atoms with Gasteiger partial charge >= 0.3 is 5.69 Å². The molecule has 2 N–H and O–H groups in total. The van der Waals surface area contributed by atoms with Crippen LogP contribution in [0.3, 0.4) is 0 Å². The first kappa shape index (κ1) is 23.8. The summed E-state index contributed by atoms with van der Waals surface area (Å²) in [5.74, 6) is 0.114. The van der Waals surface area contributed by atoms with Crippen molar-refractivity contribution >= 4 is 11.6 Å². The minimum atomic E-state index is -0.789. The molecule has 0 unspecified atom stereocenters. The maximum Gasteiger partial charge on any atom is 0.335 e. The summed E-state index contributed by atoms with van der Waals surface area (Å²) in [7, 11) is 3.03. The Morgan fingerprint density at radius 3 is 2.31 bits per heavy atom. The summed E-state index contributed by atoms with van der Waals surface area (Å²) in [6, 6.07) is 10.1. The number of aromatic hydroxyl groups is 1. The Labute approximate surface area is 201 Å². The smallest absolute Gasteiger partial charge is 0.335 e. The van der Waals surface area contributed by atoms with Crippen molar-refractivity contribution in [2.24, 2.45) is 5.10 Å². The van der Waals surface area contributed by atoms with Gasteiger partial charge in [-0.25, -0.2) is 14.4 Å². The Bertz CT molecular complexity index is 1450. The van der Waals surface area contributed by atoms with E-state index in [1.807, 2.05) is 19.9 Å². The number of carbonyl (C=O) groups is 1. The topological polar surface area (TPSA) is 126 Å². The van der Waals surface area contributed by atoms with Crippen LogP contribution >= 0.6 is 0 Å². The Morgan fingerprint density at radius 2 is 1.71 bits per heavy atom. The third kappa shape index (κ3) is 4.30. The third-order valence-corrected chi connectivity index (χ3v) is 5.86. The summed E-state index contributed by atoms with van der Waals surface area (Å²) < 4.78 is 11.7. The number of nitrogens with one attached hydrogen (secondary N) is 1. The second-order valence-electron chi connectivity index (χ2n) is 8.38. The number of benzene rings is 2. The van der Waals surface area contributed by atoms with Gasteiger partial charge in [0.15, 0.2) is 11.5 Å². The van der Waals surface area contributed by atoms with Gasteiger partial charge in [0.05, 0.1) is 31.7 Å². The molecule has 10 heteroatoms. The second kappa shape index (κ2) is 9.13. The molecule has 4 rings (SSSR count). The zero-order valence-electron chi connectivity index (χ0n) is 20.1. The number of aromatic amines is 1. The van der Waals surface area contributed by atoms with Crippen LogP contribution in [0.15, 0.2) is 51.1 Å². The zero-order valence-corrected chi connectivity index (χ0v) is 20.1. The molecule has 35 heavy (non-hydrogen) atoms. The molecule has 0 radical (unpaired) electrons. The fraction of sp³-hybridized carbons (Fsp3) is 0.280. The molecule has 182 valence electrons. The van der Waals surface area contributed by atoms with Crippen LogP contribution in [0, 0.1) is 13.8 Å². The van der Waals surface area contributed by atoms with Crippen LogP contribution in [0.2, 0.25) is 0 Å². The van der Waals surface area contributed by atoms with E-state index in [1.165, 1.54) is 26.2 Å². The molecule has 1 aliphatic heterocycles. The van der Waals surface area contributed by atoms with E-state index in [0.29, 0.717) is 22.7 Å². The number of hydrogen-bond donors (Lipinski definition) is 2. The quantitative estimate of drug-likeness (QED) is 0.580. The van der Waals surface area contributed by atoms with Crippen LogP contribution in [0.4, 0.5) is 0 Å². The number of rotatable bonds is 5. The predicted molar refractivity (Wildman–Crippen MR) is 130 cm³/mol. The van der Waals surface area contributed by atoms with Crippen molar-refractivity contribution in [2.75, 3.05) is 14.2 Å². The molecule has 1 amide bonds. The first-order chi connectivity index (χ1) is 16.6. The molecule has 1 aliphatic rings. The van der Waals surface area contributed by atoms with E-state index in [9.17, 15) is 19.5 Å². The van der Waals surface area contributed by atoms with Gasteiger partial charge in [0.25, 0.3) is 5.56 Å². The van der Waals surface area contributed by atoms with Gasteiger partial charge in [-0.1, -0.05) is 12.1 Å². The summed E-state index contributed by atoms with van der Waals surface area (Å²) in [4.78, 5) is 40.2. The molecular weight excluding hydrogens is 452 g/mol. The average molecular weight is 479 g/mol. The number of hydrazone groups is 1. The number of nitrogens with zero attached hydrogens (tertiary/aromatic N) is 3. The molecule has 1 aromatic heterocycles. The van der Waals surface area contributed by atoms with Crippen molar-refractivity contribution in [3.05, 3.63) is 79.5 Å². The van der Waals surface area contributed by atoms with Gasteiger partial charge in [-0.05, 0) is 54.8 Å². The molecule has 0 fully saturated rings. The number of ether oxygens (including phenoxy) is 2. The van der Waals surface area contributed by atoms with Gasteiger partial charge < -0.3 is 14.6 Å².